The lowest BCUT2D eigenvalue weighted by Crippen LogP contribution is -2.00. The molecule has 0 bridgehead atoms. The zero-order valence-electron chi connectivity index (χ0n) is 10.7. The van der Waals surface area contributed by atoms with E-state index in [1.807, 2.05) is 0 Å². The number of rotatable bonds is 5. The molecule has 20 heavy (non-hydrogen) atoms. The summed E-state index contributed by atoms with van der Waals surface area (Å²) in [7, 11) is 1.56. The van der Waals surface area contributed by atoms with Crippen molar-refractivity contribution in [2.24, 2.45) is 0 Å². The normalized spacial score (nSPS) is 10.2. The lowest BCUT2D eigenvalue weighted by Gasteiger charge is -2.12. The largest absolute Gasteiger partial charge is 0.496 e. The van der Waals surface area contributed by atoms with Gasteiger partial charge in [-0.05, 0) is 36.4 Å². The molecule has 0 spiro atoms. The third-order valence-electron chi connectivity index (χ3n) is 2.72. The van der Waals surface area contributed by atoms with Crippen LogP contribution in [0.2, 0.25) is 10.0 Å². The van der Waals surface area contributed by atoms with E-state index in [1.54, 1.807) is 43.5 Å². The summed E-state index contributed by atoms with van der Waals surface area (Å²) in [6.45, 7) is 0.242. The lowest BCUT2D eigenvalue weighted by atomic mass is 10.1. The third kappa shape index (κ3) is 3.44. The second-order valence-corrected chi connectivity index (χ2v) is 4.90. The highest BCUT2D eigenvalue weighted by Crippen LogP contribution is 2.29. The first kappa shape index (κ1) is 14.7. The number of benzene rings is 2. The maximum atomic E-state index is 10.8. The first-order valence-electron chi connectivity index (χ1n) is 5.84. The molecule has 0 aromatic heterocycles. The Morgan fingerprint density at radius 3 is 2.50 bits per heavy atom. The monoisotopic (exact) mass is 310 g/mol. The van der Waals surface area contributed by atoms with E-state index in [1.165, 1.54) is 0 Å². The Kier molecular flexibility index (Phi) is 4.88. The SMILES string of the molecule is COc1ccc(C=O)cc1COc1ccc(Cl)cc1Cl. The van der Waals surface area contributed by atoms with Crippen LogP contribution in [-0.4, -0.2) is 13.4 Å². The molecule has 0 radical (unpaired) electrons. The smallest absolute Gasteiger partial charge is 0.150 e. The summed E-state index contributed by atoms with van der Waals surface area (Å²) < 4.78 is 10.9. The Morgan fingerprint density at radius 2 is 1.85 bits per heavy atom. The Labute approximate surface area is 127 Å². The summed E-state index contributed by atoms with van der Waals surface area (Å²) in [6.07, 6.45) is 0.776. The van der Waals surface area contributed by atoms with Gasteiger partial charge in [0.2, 0.25) is 0 Å². The van der Waals surface area contributed by atoms with Gasteiger partial charge in [0.1, 0.15) is 24.4 Å². The van der Waals surface area contributed by atoms with Gasteiger partial charge in [0, 0.05) is 16.1 Å². The zero-order valence-corrected chi connectivity index (χ0v) is 12.2. The first-order chi connectivity index (χ1) is 9.63. The van der Waals surface area contributed by atoms with Crippen LogP contribution in [0.25, 0.3) is 0 Å². The average molecular weight is 311 g/mol. The maximum Gasteiger partial charge on any atom is 0.150 e. The molecular formula is C15H12Cl2O3. The quantitative estimate of drug-likeness (QED) is 0.768. The topological polar surface area (TPSA) is 35.5 Å². The van der Waals surface area contributed by atoms with Gasteiger partial charge in [-0.2, -0.15) is 0 Å². The van der Waals surface area contributed by atoms with Crippen LogP contribution in [-0.2, 0) is 6.61 Å². The summed E-state index contributed by atoms with van der Waals surface area (Å²) in [5.74, 6) is 1.18. The molecule has 0 aliphatic heterocycles. The minimum absolute atomic E-state index is 0.242. The first-order valence-corrected chi connectivity index (χ1v) is 6.59. The molecule has 5 heteroatoms. The van der Waals surface area contributed by atoms with E-state index in [4.69, 9.17) is 32.7 Å². The van der Waals surface area contributed by atoms with Crippen molar-refractivity contribution in [3.05, 3.63) is 57.6 Å². The molecule has 0 aliphatic rings. The highest BCUT2D eigenvalue weighted by Gasteiger charge is 2.07. The van der Waals surface area contributed by atoms with Crippen LogP contribution in [0.15, 0.2) is 36.4 Å². The molecular weight excluding hydrogens is 299 g/mol. The van der Waals surface area contributed by atoms with Crippen molar-refractivity contribution in [1.29, 1.82) is 0 Å². The molecule has 2 aromatic rings. The van der Waals surface area contributed by atoms with Crippen molar-refractivity contribution in [3.8, 4) is 11.5 Å². The second kappa shape index (κ2) is 6.64. The molecule has 0 saturated heterocycles. The molecule has 0 saturated carbocycles. The molecule has 0 atom stereocenters. The molecule has 0 amide bonds. The summed E-state index contributed by atoms with van der Waals surface area (Å²) >= 11 is 11.9. The number of ether oxygens (including phenoxy) is 2. The third-order valence-corrected chi connectivity index (χ3v) is 3.25. The lowest BCUT2D eigenvalue weighted by molar-refractivity contribution is 0.112. The molecule has 104 valence electrons. The van der Waals surface area contributed by atoms with E-state index in [9.17, 15) is 4.79 Å². The van der Waals surface area contributed by atoms with Crippen LogP contribution in [0.1, 0.15) is 15.9 Å². The van der Waals surface area contributed by atoms with Gasteiger partial charge in [-0.25, -0.2) is 0 Å². The molecule has 3 nitrogen and oxygen atoms in total. The van der Waals surface area contributed by atoms with Crippen molar-refractivity contribution < 1.29 is 14.3 Å². The Hall–Kier alpha value is -1.71. The second-order valence-electron chi connectivity index (χ2n) is 4.05. The number of hydrogen-bond donors (Lipinski definition) is 0. The minimum Gasteiger partial charge on any atom is -0.496 e. The van der Waals surface area contributed by atoms with E-state index >= 15 is 0 Å². The van der Waals surface area contributed by atoms with E-state index in [0.29, 0.717) is 27.1 Å². The Morgan fingerprint density at radius 1 is 1.10 bits per heavy atom. The van der Waals surface area contributed by atoms with Crippen molar-refractivity contribution in [1.82, 2.24) is 0 Å². The van der Waals surface area contributed by atoms with Crippen LogP contribution in [0.5, 0.6) is 11.5 Å². The van der Waals surface area contributed by atoms with Gasteiger partial charge in [0.05, 0.1) is 12.1 Å². The van der Waals surface area contributed by atoms with Crippen molar-refractivity contribution in [2.45, 2.75) is 6.61 Å². The van der Waals surface area contributed by atoms with E-state index in [-0.39, 0.29) is 6.61 Å². The van der Waals surface area contributed by atoms with Gasteiger partial charge in [0.25, 0.3) is 0 Å². The molecule has 0 aliphatic carbocycles. The average Bonchev–Trinajstić information content (AvgIpc) is 2.46. The Bertz CT molecular complexity index is 627. The van der Waals surface area contributed by atoms with E-state index < -0.39 is 0 Å². The van der Waals surface area contributed by atoms with Crippen LogP contribution >= 0.6 is 23.2 Å². The van der Waals surface area contributed by atoms with Gasteiger partial charge in [0.15, 0.2) is 0 Å². The van der Waals surface area contributed by atoms with Gasteiger partial charge in [-0.3, -0.25) is 4.79 Å². The number of carbonyl (C=O) groups excluding carboxylic acids is 1. The molecule has 0 heterocycles. The van der Waals surface area contributed by atoms with Crippen molar-refractivity contribution in [2.75, 3.05) is 7.11 Å². The highest BCUT2D eigenvalue weighted by molar-refractivity contribution is 6.35. The summed E-state index contributed by atoms with van der Waals surface area (Å²) in [5, 5.41) is 0.978. The van der Waals surface area contributed by atoms with Gasteiger partial charge < -0.3 is 9.47 Å². The molecule has 0 fully saturated rings. The zero-order chi connectivity index (χ0) is 14.5. The van der Waals surface area contributed by atoms with E-state index in [2.05, 4.69) is 0 Å². The van der Waals surface area contributed by atoms with Gasteiger partial charge in [-0.1, -0.05) is 23.2 Å². The van der Waals surface area contributed by atoms with Crippen LogP contribution < -0.4 is 9.47 Å². The number of carbonyl (C=O) groups is 1. The van der Waals surface area contributed by atoms with Crippen LogP contribution in [0.4, 0.5) is 0 Å². The maximum absolute atomic E-state index is 10.8. The number of aldehydes is 1. The Balaban J connectivity index is 2.19. The number of methoxy groups -OCH3 is 1. The summed E-state index contributed by atoms with van der Waals surface area (Å²) in [5.41, 5.74) is 1.33. The van der Waals surface area contributed by atoms with Gasteiger partial charge >= 0.3 is 0 Å². The fourth-order valence-electron chi connectivity index (χ4n) is 1.73. The highest BCUT2D eigenvalue weighted by atomic mass is 35.5. The predicted molar refractivity (Wildman–Crippen MR) is 79.2 cm³/mol. The molecule has 2 rings (SSSR count). The van der Waals surface area contributed by atoms with Crippen LogP contribution in [0, 0.1) is 0 Å². The summed E-state index contributed by atoms with van der Waals surface area (Å²) in [6, 6.07) is 10.1. The van der Waals surface area contributed by atoms with Crippen molar-refractivity contribution in [3.63, 3.8) is 0 Å². The standard InChI is InChI=1S/C15H12Cl2O3/c1-19-14-4-2-10(8-18)6-11(14)9-20-15-5-3-12(16)7-13(15)17/h2-8H,9H2,1H3. The number of halogens is 2. The van der Waals surface area contributed by atoms with Crippen LogP contribution in [0.3, 0.4) is 0 Å². The molecule has 0 N–H and O–H groups in total. The molecule has 2 aromatic carbocycles. The number of hydrogen-bond acceptors (Lipinski definition) is 3. The fraction of sp³-hybridized carbons (Fsp3) is 0.133. The fourth-order valence-corrected chi connectivity index (χ4v) is 2.20. The predicted octanol–water partition coefficient (Wildman–Crippen LogP) is 4.39. The minimum atomic E-state index is 0.242. The van der Waals surface area contributed by atoms with Gasteiger partial charge in [-0.15, -0.1) is 0 Å². The summed E-state index contributed by atoms with van der Waals surface area (Å²) in [4.78, 5) is 10.8. The molecule has 0 unspecified atom stereocenters. The van der Waals surface area contributed by atoms with E-state index in [0.717, 1.165) is 11.8 Å². The van der Waals surface area contributed by atoms with Crippen molar-refractivity contribution >= 4 is 29.5 Å².